The van der Waals surface area contributed by atoms with Gasteiger partial charge in [0.25, 0.3) is 11.8 Å². The van der Waals surface area contributed by atoms with Crippen LogP contribution in [0.3, 0.4) is 0 Å². The van der Waals surface area contributed by atoms with Crippen molar-refractivity contribution in [3.05, 3.63) is 12.2 Å². The Bertz CT molecular complexity index is 427. The quantitative estimate of drug-likeness (QED) is 0.392. The summed E-state index contributed by atoms with van der Waals surface area (Å²) in [7, 11) is 0. The largest absolute Gasteiger partial charge is 0.388 e. The zero-order valence-electron chi connectivity index (χ0n) is 12.1. The van der Waals surface area contributed by atoms with Crippen LogP contribution in [0.4, 0.5) is 0 Å². The first-order chi connectivity index (χ1) is 9.92. The van der Waals surface area contributed by atoms with Crippen molar-refractivity contribution in [3.8, 4) is 0 Å². The van der Waals surface area contributed by atoms with E-state index in [4.69, 9.17) is 0 Å². The average Bonchev–Trinajstić information content (AvgIpc) is 2.74. The first-order valence-electron chi connectivity index (χ1n) is 6.30. The summed E-state index contributed by atoms with van der Waals surface area (Å²) in [5.74, 6) is -0.897. The van der Waals surface area contributed by atoms with Crippen LogP contribution in [-0.4, -0.2) is 54.8 Å². The van der Waals surface area contributed by atoms with Crippen molar-refractivity contribution in [3.63, 3.8) is 0 Å². The third kappa shape index (κ3) is 8.30. The second kappa shape index (κ2) is 10.3. The van der Waals surface area contributed by atoms with E-state index in [1.54, 1.807) is 0 Å². The second-order valence-electron chi connectivity index (χ2n) is 3.97. The molecular weight excluding hydrogens is 278 g/mol. The molecule has 1 aliphatic rings. The standard InChI is InChI=1S/C9H12N2O3.C4H7NO2/c1-2-10-7(12)5-6-11-8(13)3-4-9(11)14;1-4(6)3-7-5-2/h3-4H,2,5-6H2,1H3,(H,10,12);2-3H2,1H3. The molecule has 0 bridgehead atoms. The van der Waals surface area contributed by atoms with Gasteiger partial charge in [-0.1, -0.05) is 0 Å². The van der Waals surface area contributed by atoms with E-state index in [1.165, 1.54) is 19.1 Å². The lowest BCUT2D eigenvalue weighted by Crippen LogP contribution is -2.34. The van der Waals surface area contributed by atoms with Gasteiger partial charge in [0.05, 0.1) is 0 Å². The van der Waals surface area contributed by atoms with Crippen molar-refractivity contribution >= 4 is 30.2 Å². The van der Waals surface area contributed by atoms with Crippen molar-refractivity contribution in [2.24, 2.45) is 5.16 Å². The molecule has 1 N–H and O–H groups in total. The van der Waals surface area contributed by atoms with E-state index in [2.05, 4.69) is 22.0 Å². The lowest BCUT2D eigenvalue weighted by Gasteiger charge is -2.12. The lowest BCUT2D eigenvalue weighted by molar-refractivity contribution is -0.137. The predicted octanol–water partition coefficient (Wildman–Crippen LogP) is -0.355. The Morgan fingerprint density at radius 1 is 1.33 bits per heavy atom. The summed E-state index contributed by atoms with van der Waals surface area (Å²) in [6.45, 7) is 6.98. The molecular formula is C13H19N3O5. The Morgan fingerprint density at radius 3 is 2.29 bits per heavy atom. The Kier molecular flexibility index (Phi) is 9.07. The number of hydrogen-bond acceptors (Lipinski definition) is 6. The number of imide groups is 1. The number of carbonyl (C=O) groups is 4. The summed E-state index contributed by atoms with van der Waals surface area (Å²) < 4.78 is 0. The van der Waals surface area contributed by atoms with E-state index >= 15 is 0 Å². The first-order valence-corrected chi connectivity index (χ1v) is 6.30. The fourth-order valence-electron chi connectivity index (χ4n) is 1.29. The molecule has 0 atom stereocenters. The van der Waals surface area contributed by atoms with E-state index in [0.29, 0.717) is 6.54 Å². The summed E-state index contributed by atoms with van der Waals surface area (Å²) >= 11 is 0. The fraction of sp³-hybridized carbons (Fsp3) is 0.462. The van der Waals surface area contributed by atoms with Crippen molar-refractivity contribution in [2.45, 2.75) is 20.3 Å². The minimum atomic E-state index is -0.348. The SMILES string of the molecule is C=NOCC(C)=O.CCNC(=O)CCN1C(=O)C=CC1=O. The van der Waals surface area contributed by atoms with E-state index in [0.717, 1.165) is 4.90 Å². The highest BCUT2D eigenvalue weighted by molar-refractivity contribution is 6.13. The smallest absolute Gasteiger partial charge is 0.253 e. The molecule has 0 saturated heterocycles. The molecule has 1 rings (SSSR count). The maximum atomic E-state index is 11.0. The van der Waals surface area contributed by atoms with Crippen molar-refractivity contribution in [1.82, 2.24) is 10.2 Å². The molecule has 0 fully saturated rings. The number of rotatable bonds is 7. The normalized spacial score (nSPS) is 12.6. The Balaban J connectivity index is 0.000000486. The van der Waals surface area contributed by atoms with Crippen LogP contribution in [0.1, 0.15) is 20.3 Å². The highest BCUT2D eigenvalue weighted by Gasteiger charge is 2.23. The number of carbonyl (C=O) groups excluding carboxylic acids is 4. The molecule has 116 valence electrons. The topological polar surface area (TPSA) is 105 Å². The highest BCUT2D eigenvalue weighted by Crippen LogP contribution is 2.03. The molecule has 1 heterocycles. The monoisotopic (exact) mass is 297 g/mol. The third-order valence-electron chi connectivity index (χ3n) is 2.20. The van der Waals surface area contributed by atoms with Crippen LogP contribution in [0.5, 0.6) is 0 Å². The molecule has 1 aliphatic heterocycles. The van der Waals surface area contributed by atoms with Gasteiger partial charge in [-0.2, -0.15) is 0 Å². The number of ketones is 1. The Hall–Kier alpha value is -2.51. The number of oxime groups is 1. The number of nitrogens with one attached hydrogen (secondary N) is 1. The molecule has 21 heavy (non-hydrogen) atoms. The third-order valence-corrected chi connectivity index (χ3v) is 2.20. The van der Waals surface area contributed by atoms with E-state index < -0.39 is 0 Å². The van der Waals surface area contributed by atoms with Gasteiger partial charge in [0.15, 0.2) is 12.4 Å². The van der Waals surface area contributed by atoms with Gasteiger partial charge in [0.2, 0.25) is 5.91 Å². The van der Waals surface area contributed by atoms with Gasteiger partial charge in [-0.15, -0.1) is 5.16 Å². The van der Waals surface area contributed by atoms with Crippen LogP contribution < -0.4 is 5.32 Å². The van der Waals surface area contributed by atoms with Gasteiger partial charge < -0.3 is 10.2 Å². The Labute approximate surface area is 122 Å². The molecule has 8 heteroatoms. The zero-order valence-corrected chi connectivity index (χ0v) is 12.1. The maximum absolute atomic E-state index is 11.0. The summed E-state index contributed by atoms with van der Waals surface area (Å²) in [4.78, 5) is 48.4. The molecule has 0 saturated carbocycles. The van der Waals surface area contributed by atoms with E-state index in [-0.39, 0.29) is 43.1 Å². The van der Waals surface area contributed by atoms with Gasteiger partial charge in [0.1, 0.15) is 0 Å². The summed E-state index contributed by atoms with van der Waals surface area (Å²) in [6, 6.07) is 0. The van der Waals surface area contributed by atoms with Crippen LogP contribution >= 0.6 is 0 Å². The molecule has 0 aliphatic carbocycles. The molecule has 8 nitrogen and oxygen atoms in total. The second-order valence-corrected chi connectivity index (χ2v) is 3.97. The van der Waals surface area contributed by atoms with E-state index in [1.807, 2.05) is 6.92 Å². The van der Waals surface area contributed by atoms with Crippen molar-refractivity contribution in [1.29, 1.82) is 0 Å². The molecule has 0 unspecified atom stereocenters. The van der Waals surface area contributed by atoms with Crippen LogP contribution in [-0.2, 0) is 24.0 Å². The van der Waals surface area contributed by atoms with Crippen LogP contribution in [0, 0.1) is 0 Å². The van der Waals surface area contributed by atoms with Gasteiger partial charge in [0, 0.05) is 38.4 Å². The summed E-state index contributed by atoms with van der Waals surface area (Å²) in [5.41, 5.74) is 0. The first kappa shape index (κ1) is 18.5. The zero-order chi connectivity index (χ0) is 16.3. The minimum Gasteiger partial charge on any atom is -0.388 e. The summed E-state index contributed by atoms with van der Waals surface area (Å²) in [6.07, 6.45) is 2.58. The van der Waals surface area contributed by atoms with Crippen molar-refractivity contribution in [2.75, 3.05) is 19.7 Å². The van der Waals surface area contributed by atoms with Gasteiger partial charge in [-0.3, -0.25) is 24.1 Å². The number of Topliss-reactive ketones (excluding diaryl/α,β-unsaturated/α-hetero) is 1. The lowest BCUT2D eigenvalue weighted by atomic mass is 10.3. The van der Waals surface area contributed by atoms with Crippen LogP contribution in [0.25, 0.3) is 0 Å². The number of nitrogens with zero attached hydrogens (tertiary/aromatic N) is 2. The molecule has 3 amide bonds. The molecule has 0 spiro atoms. The Morgan fingerprint density at radius 2 is 1.90 bits per heavy atom. The fourth-order valence-corrected chi connectivity index (χ4v) is 1.29. The molecule has 0 aromatic rings. The highest BCUT2D eigenvalue weighted by atomic mass is 16.6. The molecule has 0 aromatic heterocycles. The molecule has 0 radical (unpaired) electrons. The van der Waals surface area contributed by atoms with Crippen molar-refractivity contribution < 1.29 is 24.0 Å². The van der Waals surface area contributed by atoms with E-state index in [9.17, 15) is 19.2 Å². The summed E-state index contributed by atoms with van der Waals surface area (Å²) in [5, 5.41) is 5.60. The number of amides is 3. The minimum absolute atomic E-state index is 0.0312. The maximum Gasteiger partial charge on any atom is 0.253 e. The average molecular weight is 297 g/mol. The number of hydrogen-bond donors (Lipinski definition) is 1. The van der Waals surface area contributed by atoms with Gasteiger partial charge in [-0.25, -0.2) is 0 Å². The van der Waals surface area contributed by atoms with Gasteiger partial charge in [-0.05, 0) is 13.8 Å². The van der Waals surface area contributed by atoms with Gasteiger partial charge >= 0.3 is 0 Å². The predicted molar refractivity (Wildman–Crippen MR) is 75.3 cm³/mol. The molecule has 0 aromatic carbocycles. The van der Waals surface area contributed by atoms with Crippen LogP contribution in [0.15, 0.2) is 17.3 Å². The van der Waals surface area contributed by atoms with Crippen LogP contribution in [0.2, 0.25) is 0 Å².